The van der Waals surface area contributed by atoms with E-state index in [1.54, 1.807) is 6.33 Å². The Hall–Kier alpha value is -2.26. The molecule has 5 unspecified atom stereocenters. The number of aromatic nitrogens is 2. The van der Waals surface area contributed by atoms with E-state index in [0.717, 1.165) is 49.6 Å². The van der Waals surface area contributed by atoms with Gasteiger partial charge in [0.2, 0.25) is 0 Å². The van der Waals surface area contributed by atoms with Crippen molar-refractivity contribution in [2.45, 2.75) is 68.9 Å². The first-order valence-corrected chi connectivity index (χ1v) is 12.7. The molecule has 5 atom stereocenters. The molecule has 4 fully saturated rings. The fourth-order valence-corrected chi connectivity index (χ4v) is 5.55. The maximum atomic E-state index is 6.45. The highest BCUT2D eigenvalue weighted by molar-refractivity contribution is 5.40. The topological polar surface area (TPSA) is 80.8 Å². The van der Waals surface area contributed by atoms with Crippen LogP contribution in [-0.4, -0.2) is 60.1 Å². The molecule has 2 saturated heterocycles. The summed E-state index contributed by atoms with van der Waals surface area (Å²) < 4.78 is 18.3. The van der Waals surface area contributed by atoms with Gasteiger partial charge in [-0.2, -0.15) is 0 Å². The van der Waals surface area contributed by atoms with E-state index < -0.39 is 0 Å². The summed E-state index contributed by atoms with van der Waals surface area (Å²) in [4.78, 5) is 11.6. The van der Waals surface area contributed by atoms with Crippen molar-refractivity contribution in [3.8, 4) is 5.75 Å². The number of benzene rings is 1. The van der Waals surface area contributed by atoms with Gasteiger partial charge in [-0.1, -0.05) is 18.2 Å². The Balaban J connectivity index is 1.10. The van der Waals surface area contributed by atoms with Crippen LogP contribution in [0.4, 0.5) is 5.82 Å². The summed E-state index contributed by atoms with van der Waals surface area (Å²) in [6.45, 7) is 5.00. The smallest absolute Gasteiger partial charge is 0.132 e. The lowest BCUT2D eigenvalue weighted by atomic mass is 9.79. The standard InChI is InChI=1S/C26H35N5O3/c1-26(9-10-26)34-19-7-8-22-21(13-19)25(30-29-22)23-14-24(28-17-27-23)31-11-12-32-20(15-31)16-33-18-5-3-2-4-6-18/h2-6,14,17,19-22,25,29-30H,7-13,15-16H2,1H3. The average Bonchev–Trinajstić information content (AvgIpc) is 3.45. The number of morpholine rings is 1. The number of nitrogens with one attached hydrogen (secondary N) is 2. The minimum absolute atomic E-state index is 0.00284. The molecular weight excluding hydrogens is 430 g/mol. The number of fused-ring (bicyclic) bond motifs is 1. The van der Waals surface area contributed by atoms with Crippen LogP contribution in [0.1, 0.15) is 50.8 Å². The zero-order valence-corrected chi connectivity index (χ0v) is 19.9. The lowest BCUT2D eigenvalue weighted by Crippen LogP contribution is -2.45. The van der Waals surface area contributed by atoms with Gasteiger partial charge in [-0.15, -0.1) is 0 Å². The van der Waals surface area contributed by atoms with Crippen molar-refractivity contribution in [3.63, 3.8) is 0 Å². The number of anilines is 1. The molecule has 3 heterocycles. The van der Waals surface area contributed by atoms with E-state index in [2.05, 4.69) is 38.7 Å². The van der Waals surface area contributed by atoms with Crippen LogP contribution in [-0.2, 0) is 9.47 Å². The summed E-state index contributed by atoms with van der Waals surface area (Å²) in [6, 6.07) is 12.7. The third-order valence-electron chi connectivity index (χ3n) is 7.74. The quantitative estimate of drug-likeness (QED) is 0.646. The van der Waals surface area contributed by atoms with Gasteiger partial charge in [0.05, 0.1) is 30.0 Å². The largest absolute Gasteiger partial charge is 0.491 e. The van der Waals surface area contributed by atoms with E-state index in [1.807, 2.05) is 30.3 Å². The zero-order chi connectivity index (χ0) is 23.0. The Morgan fingerprint density at radius 2 is 2.03 bits per heavy atom. The number of ether oxygens (including phenoxy) is 3. The summed E-state index contributed by atoms with van der Waals surface area (Å²) >= 11 is 0. The molecule has 0 amide bonds. The fraction of sp³-hybridized carbons (Fsp3) is 0.615. The van der Waals surface area contributed by atoms with Crippen molar-refractivity contribution in [2.75, 3.05) is 31.2 Å². The lowest BCUT2D eigenvalue weighted by molar-refractivity contribution is -0.0500. The summed E-state index contributed by atoms with van der Waals surface area (Å²) in [5, 5.41) is 0. The molecule has 8 heteroatoms. The highest BCUT2D eigenvalue weighted by Crippen LogP contribution is 2.45. The molecule has 0 radical (unpaired) electrons. The fourth-order valence-electron chi connectivity index (χ4n) is 5.55. The van der Waals surface area contributed by atoms with Crippen molar-refractivity contribution in [3.05, 3.63) is 48.4 Å². The van der Waals surface area contributed by atoms with Crippen molar-refractivity contribution in [2.24, 2.45) is 5.92 Å². The Morgan fingerprint density at radius 3 is 2.88 bits per heavy atom. The van der Waals surface area contributed by atoms with Crippen LogP contribution in [0.15, 0.2) is 42.7 Å². The Labute approximate surface area is 201 Å². The molecule has 4 aliphatic rings. The van der Waals surface area contributed by atoms with E-state index in [-0.39, 0.29) is 17.7 Å². The second-order valence-corrected chi connectivity index (χ2v) is 10.4. The first-order chi connectivity index (χ1) is 16.7. The van der Waals surface area contributed by atoms with Crippen molar-refractivity contribution in [1.29, 1.82) is 0 Å². The number of nitrogens with zero attached hydrogens (tertiary/aromatic N) is 3. The first kappa shape index (κ1) is 22.2. The minimum atomic E-state index is 0.00284. The third-order valence-corrected chi connectivity index (χ3v) is 7.74. The van der Waals surface area contributed by atoms with Gasteiger partial charge in [-0.25, -0.2) is 15.4 Å². The molecule has 34 heavy (non-hydrogen) atoms. The highest BCUT2D eigenvalue weighted by Gasteiger charge is 2.46. The Kier molecular flexibility index (Phi) is 6.15. The second kappa shape index (κ2) is 9.41. The van der Waals surface area contributed by atoms with Crippen molar-refractivity contribution in [1.82, 2.24) is 20.8 Å². The van der Waals surface area contributed by atoms with Crippen molar-refractivity contribution < 1.29 is 14.2 Å². The molecule has 2 N–H and O–H groups in total. The van der Waals surface area contributed by atoms with E-state index in [9.17, 15) is 0 Å². The van der Waals surface area contributed by atoms with Crippen LogP contribution in [0.5, 0.6) is 5.75 Å². The molecule has 0 bridgehead atoms. The predicted octanol–water partition coefficient (Wildman–Crippen LogP) is 3.02. The maximum Gasteiger partial charge on any atom is 0.132 e. The predicted molar refractivity (Wildman–Crippen MR) is 129 cm³/mol. The monoisotopic (exact) mass is 465 g/mol. The van der Waals surface area contributed by atoms with Gasteiger partial charge in [0.1, 0.15) is 30.6 Å². The number of para-hydroxylation sites is 1. The van der Waals surface area contributed by atoms with Crippen LogP contribution in [0, 0.1) is 5.92 Å². The summed E-state index contributed by atoms with van der Waals surface area (Å²) in [6.07, 6.45) is 7.79. The van der Waals surface area contributed by atoms with Crippen LogP contribution >= 0.6 is 0 Å². The van der Waals surface area contributed by atoms with Gasteiger partial charge in [0.15, 0.2) is 0 Å². The van der Waals surface area contributed by atoms with Crippen LogP contribution in [0.2, 0.25) is 0 Å². The molecule has 2 aliphatic heterocycles. The summed E-state index contributed by atoms with van der Waals surface area (Å²) in [5.41, 5.74) is 8.24. The lowest BCUT2D eigenvalue weighted by Gasteiger charge is -2.35. The van der Waals surface area contributed by atoms with Crippen LogP contribution < -0.4 is 20.5 Å². The Morgan fingerprint density at radius 1 is 1.15 bits per heavy atom. The first-order valence-electron chi connectivity index (χ1n) is 12.7. The van der Waals surface area contributed by atoms with E-state index >= 15 is 0 Å². The minimum Gasteiger partial charge on any atom is -0.491 e. The molecule has 0 spiro atoms. The SMILES string of the molecule is CC1(OC2CCC3NNC(c4cc(N5CCOC(COc6ccccc6)C5)ncn4)C3C2)CC1. The van der Waals surface area contributed by atoms with Gasteiger partial charge >= 0.3 is 0 Å². The molecule has 1 aromatic heterocycles. The van der Waals surface area contributed by atoms with Gasteiger partial charge in [0.25, 0.3) is 0 Å². The molecular formula is C26H35N5O3. The third kappa shape index (κ3) is 4.91. The molecule has 2 saturated carbocycles. The summed E-state index contributed by atoms with van der Waals surface area (Å²) in [7, 11) is 0. The van der Waals surface area contributed by atoms with Crippen LogP contribution in [0.3, 0.4) is 0 Å². The summed E-state index contributed by atoms with van der Waals surface area (Å²) in [5.74, 6) is 2.30. The number of hydrazine groups is 1. The maximum absolute atomic E-state index is 6.45. The molecule has 182 valence electrons. The van der Waals surface area contributed by atoms with E-state index in [0.29, 0.717) is 31.3 Å². The Bertz CT molecular complexity index is 972. The zero-order valence-electron chi connectivity index (χ0n) is 19.9. The van der Waals surface area contributed by atoms with E-state index in [4.69, 9.17) is 14.2 Å². The van der Waals surface area contributed by atoms with Gasteiger partial charge in [0, 0.05) is 31.1 Å². The van der Waals surface area contributed by atoms with Gasteiger partial charge < -0.3 is 19.1 Å². The molecule has 6 rings (SSSR count). The molecule has 2 aromatic rings. The molecule has 2 aliphatic carbocycles. The highest BCUT2D eigenvalue weighted by atomic mass is 16.5. The molecule has 8 nitrogen and oxygen atoms in total. The van der Waals surface area contributed by atoms with Gasteiger partial charge in [-0.05, 0) is 51.2 Å². The average molecular weight is 466 g/mol. The number of hydrogen-bond donors (Lipinski definition) is 2. The number of rotatable bonds is 7. The van der Waals surface area contributed by atoms with E-state index in [1.165, 1.54) is 12.8 Å². The van der Waals surface area contributed by atoms with Crippen LogP contribution in [0.25, 0.3) is 0 Å². The van der Waals surface area contributed by atoms with Crippen molar-refractivity contribution >= 4 is 5.82 Å². The second-order valence-electron chi connectivity index (χ2n) is 10.4. The number of hydrogen-bond acceptors (Lipinski definition) is 8. The van der Waals surface area contributed by atoms with Gasteiger partial charge in [-0.3, -0.25) is 5.43 Å². The molecule has 1 aromatic carbocycles. The normalized spacial score (nSPS) is 32.3.